The summed E-state index contributed by atoms with van der Waals surface area (Å²) in [6, 6.07) is 8.14. The third kappa shape index (κ3) is 3.69. The van der Waals surface area contributed by atoms with Gasteiger partial charge in [0.05, 0.1) is 9.85 Å². The zero-order valence-electron chi connectivity index (χ0n) is 11.8. The maximum atomic E-state index is 12.3. The van der Waals surface area contributed by atoms with Gasteiger partial charge in [-0.3, -0.25) is 25.0 Å². The van der Waals surface area contributed by atoms with Gasteiger partial charge in [-0.15, -0.1) is 0 Å². The predicted octanol–water partition coefficient (Wildman–Crippen LogP) is 3.83. The van der Waals surface area contributed by atoms with Crippen LogP contribution in [0.4, 0.5) is 17.1 Å². The van der Waals surface area contributed by atoms with E-state index in [0.717, 1.165) is 0 Å². The average molecular weight is 380 g/mol. The maximum absolute atomic E-state index is 12.3. The van der Waals surface area contributed by atoms with Crippen molar-refractivity contribution < 1.29 is 14.6 Å². The lowest BCUT2D eigenvalue weighted by Gasteiger charge is -2.08. The van der Waals surface area contributed by atoms with E-state index in [4.69, 9.17) is 0 Å². The fourth-order valence-electron chi connectivity index (χ4n) is 1.95. The number of amides is 1. The van der Waals surface area contributed by atoms with E-state index in [-0.39, 0.29) is 22.6 Å². The fraction of sp³-hybridized carbons (Fsp3) is 0.0714. The Morgan fingerprint density at radius 2 is 1.65 bits per heavy atom. The van der Waals surface area contributed by atoms with Gasteiger partial charge in [-0.25, -0.2) is 0 Å². The summed E-state index contributed by atoms with van der Waals surface area (Å²) >= 11 is 3.16. The molecule has 0 spiro atoms. The Balaban J connectivity index is 2.44. The third-order valence-electron chi connectivity index (χ3n) is 3.00. The first kappa shape index (κ1) is 16.6. The van der Waals surface area contributed by atoms with Crippen molar-refractivity contribution >= 4 is 38.9 Å². The Hall–Kier alpha value is -2.81. The van der Waals surface area contributed by atoms with Crippen LogP contribution in [0.15, 0.2) is 40.9 Å². The zero-order chi connectivity index (χ0) is 17.1. The molecule has 0 saturated heterocycles. The van der Waals surface area contributed by atoms with Crippen LogP contribution in [0.1, 0.15) is 15.9 Å². The molecule has 9 heteroatoms. The number of carbonyl (C=O) groups is 1. The molecule has 0 radical (unpaired) electrons. The van der Waals surface area contributed by atoms with Gasteiger partial charge in [0.1, 0.15) is 11.3 Å². The Bertz CT molecular complexity index is 822. The number of anilines is 1. The second-order valence-corrected chi connectivity index (χ2v) is 5.57. The Labute approximate surface area is 138 Å². The summed E-state index contributed by atoms with van der Waals surface area (Å²) in [6.45, 7) is 1.68. The summed E-state index contributed by atoms with van der Waals surface area (Å²) in [6.07, 6.45) is 0. The lowest BCUT2D eigenvalue weighted by atomic mass is 10.1. The molecule has 0 saturated carbocycles. The number of hydrogen-bond donors (Lipinski definition) is 1. The zero-order valence-corrected chi connectivity index (χ0v) is 13.4. The maximum Gasteiger partial charge on any atom is 0.292 e. The molecule has 0 bridgehead atoms. The number of rotatable bonds is 4. The highest BCUT2D eigenvalue weighted by molar-refractivity contribution is 9.10. The van der Waals surface area contributed by atoms with Gasteiger partial charge in [0.25, 0.3) is 17.3 Å². The first-order chi connectivity index (χ1) is 10.8. The van der Waals surface area contributed by atoms with Crippen LogP contribution in [-0.4, -0.2) is 15.8 Å². The molecule has 0 aromatic heterocycles. The summed E-state index contributed by atoms with van der Waals surface area (Å²) < 4.78 is 0.525. The van der Waals surface area contributed by atoms with Crippen LogP contribution < -0.4 is 5.32 Å². The number of nitrogens with zero attached hydrogens (tertiary/aromatic N) is 2. The van der Waals surface area contributed by atoms with E-state index < -0.39 is 15.8 Å². The molecule has 0 atom stereocenters. The van der Waals surface area contributed by atoms with Gasteiger partial charge in [-0.1, -0.05) is 22.0 Å². The molecule has 118 valence electrons. The molecule has 1 amide bonds. The largest absolute Gasteiger partial charge is 0.316 e. The molecule has 8 nitrogen and oxygen atoms in total. The quantitative estimate of drug-likeness (QED) is 0.639. The summed E-state index contributed by atoms with van der Waals surface area (Å²) in [7, 11) is 0. The van der Waals surface area contributed by atoms with Gasteiger partial charge in [-0.2, -0.15) is 0 Å². The van der Waals surface area contributed by atoms with Crippen molar-refractivity contribution in [3.8, 4) is 0 Å². The van der Waals surface area contributed by atoms with Crippen molar-refractivity contribution in [2.75, 3.05) is 5.32 Å². The second-order valence-electron chi connectivity index (χ2n) is 4.65. The molecule has 0 aliphatic rings. The van der Waals surface area contributed by atoms with Gasteiger partial charge in [0, 0.05) is 16.6 Å². The van der Waals surface area contributed by atoms with Crippen LogP contribution >= 0.6 is 15.9 Å². The molecule has 2 aromatic rings. The van der Waals surface area contributed by atoms with E-state index >= 15 is 0 Å². The van der Waals surface area contributed by atoms with Crippen LogP contribution in [0.5, 0.6) is 0 Å². The van der Waals surface area contributed by atoms with Crippen LogP contribution in [0.25, 0.3) is 0 Å². The molecule has 23 heavy (non-hydrogen) atoms. The number of benzene rings is 2. The first-order valence-electron chi connectivity index (χ1n) is 6.30. The van der Waals surface area contributed by atoms with Crippen molar-refractivity contribution in [3.63, 3.8) is 0 Å². The minimum atomic E-state index is -0.790. The number of nitro benzene ring substituents is 2. The minimum Gasteiger partial charge on any atom is -0.316 e. The van der Waals surface area contributed by atoms with Gasteiger partial charge in [0.15, 0.2) is 0 Å². The third-order valence-corrected chi connectivity index (χ3v) is 3.49. The van der Waals surface area contributed by atoms with Gasteiger partial charge in [0.2, 0.25) is 0 Å². The number of hydrogen-bond acceptors (Lipinski definition) is 5. The number of carbonyl (C=O) groups excluding carboxylic acids is 1. The summed E-state index contributed by atoms with van der Waals surface area (Å²) in [5.41, 5.74) is -0.235. The monoisotopic (exact) mass is 379 g/mol. The molecule has 0 unspecified atom stereocenters. The molecule has 0 aliphatic heterocycles. The van der Waals surface area contributed by atoms with E-state index in [0.29, 0.717) is 10.0 Å². The Morgan fingerprint density at radius 1 is 1.04 bits per heavy atom. The van der Waals surface area contributed by atoms with E-state index in [9.17, 15) is 25.0 Å². The highest BCUT2D eigenvalue weighted by Gasteiger charge is 2.23. The fourth-order valence-corrected chi connectivity index (χ4v) is 2.31. The molecule has 0 fully saturated rings. The van der Waals surface area contributed by atoms with Gasteiger partial charge in [-0.05, 0) is 30.7 Å². The lowest BCUT2D eigenvalue weighted by molar-refractivity contribution is -0.385. The van der Waals surface area contributed by atoms with Gasteiger partial charge >= 0.3 is 0 Å². The van der Waals surface area contributed by atoms with Crippen LogP contribution in [0, 0.1) is 27.2 Å². The average Bonchev–Trinajstić information content (AvgIpc) is 2.46. The highest BCUT2D eigenvalue weighted by Crippen LogP contribution is 2.29. The lowest BCUT2D eigenvalue weighted by Crippen LogP contribution is -2.15. The van der Waals surface area contributed by atoms with Crippen molar-refractivity contribution in [2.45, 2.75) is 6.92 Å². The van der Waals surface area contributed by atoms with E-state index in [1.807, 2.05) is 0 Å². The number of halogens is 1. The molecule has 1 N–H and O–H groups in total. The number of aryl methyl sites for hydroxylation is 1. The predicted molar refractivity (Wildman–Crippen MR) is 86.6 cm³/mol. The Morgan fingerprint density at radius 3 is 2.26 bits per heavy atom. The van der Waals surface area contributed by atoms with Crippen LogP contribution in [0.3, 0.4) is 0 Å². The smallest absolute Gasteiger partial charge is 0.292 e. The topological polar surface area (TPSA) is 115 Å². The standard InChI is InChI=1S/C14H10BrN3O5/c1-8-2-4-12(17(20)21)10(6-8)14(19)16-11-7-9(15)3-5-13(11)18(22)23/h2-7H,1H3,(H,16,19). The van der Waals surface area contributed by atoms with Crippen molar-refractivity contribution in [3.05, 3.63) is 72.2 Å². The van der Waals surface area contributed by atoms with Crippen molar-refractivity contribution in [2.24, 2.45) is 0 Å². The second kappa shape index (κ2) is 6.53. The number of nitro groups is 2. The molecular weight excluding hydrogens is 370 g/mol. The Kier molecular flexibility index (Phi) is 4.70. The van der Waals surface area contributed by atoms with Crippen LogP contribution in [-0.2, 0) is 0 Å². The van der Waals surface area contributed by atoms with E-state index in [1.54, 1.807) is 6.92 Å². The first-order valence-corrected chi connectivity index (χ1v) is 7.09. The van der Waals surface area contributed by atoms with Crippen molar-refractivity contribution in [1.82, 2.24) is 0 Å². The molecule has 2 rings (SSSR count). The molecular formula is C14H10BrN3O5. The summed E-state index contributed by atoms with van der Waals surface area (Å²) in [5, 5.41) is 24.4. The summed E-state index contributed by atoms with van der Waals surface area (Å²) in [5.74, 6) is -0.790. The molecule has 0 aliphatic carbocycles. The highest BCUT2D eigenvalue weighted by atomic mass is 79.9. The molecule has 0 heterocycles. The van der Waals surface area contributed by atoms with E-state index in [1.165, 1.54) is 36.4 Å². The minimum absolute atomic E-state index is 0.0508. The normalized spacial score (nSPS) is 10.2. The van der Waals surface area contributed by atoms with E-state index in [2.05, 4.69) is 21.2 Å². The SMILES string of the molecule is Cc1ccc([N+](=O)[O-])c(C(=O)Nc2cc(Br)ccc2[N+](=O)[O-])c1. The number of nitrogens with one attached hydrogen (secondary N) is 1. The van der Waals surface area contributed by atoms with Crippen molar-refractivity contribution in [1.29, 1.82) is 0 Å². The van der Waals surface area contributed by atoms with Gasteiger partial charge < -0.3 is 5.32 Å². The van der Waals surface area contributed by atoms with Crippen LogP contribution in [0.2, 0.25) is 0 Å². The molecule has 2 aromatic carbocycles. The summed E-state index contributed by atoms with van der Waals surface area (Å²) in [4.78, 5) is 33.0.